The Morgan fingerprint density at radius 1 is 1.24 bits per heavy atom. The summed E-state index contributed by atoms with van der Waals surface area (Å²) in [6, 6.07) is 3.93. The first-order chi connectivity index (χ1) is 13.6. The average molecular weight is 398 g/mol. The number of pyridine rings is 1. The second-order valence-corrected chi connectivity index (χ2v) is 9.92. The monoisotopic (exact) mass is 397 g/mol. The highest BCUT2D eigenvalue weighted by atomic mass is 16.3. The maximum Gasteiger partial charge on any atom is 0.290 e. The van der Waals surface area contributed by atoms with E-state index < -0.39 is 5.54 Å². The number of nitrogens with zero attached hydrogens (tertiary/aromatic N) is 2. The molecule has 0 atom stereocenters. The van der Waals surface area contributed by atoms with Crippen LogP contribution >= 0.6 is 0 Å². The molecule has 2 aromatic rings. The molecule has 156 valence electrons. The molecule has 0 unspecified atom stereocenters. The van der Waals surface area contributed by atoms with Crippen molar-refractivity contribution in [2.75, 3.05) is 13.1 Å². The van der Waals surface area contributed by atoms with Gasteiger partial charge >= 0.3 is 0 Å². The average Bonchev–Trinajstić information content (AvgIpc) is 3.31. The summed E-state index contributed by atoms with van der Waals surface area (Å²) in [5.74, 6) is 0.332. The van der Waals surface area contributed by atoms with Crippen LogP contribution in [0.3, 0.4) is 0 Å². The zero-order chi connectivity index (χ0) is 21.0. The highest BCUT2D eigenvalue weighted by Gasteiger charge is 2.42. The molecule has 3 heterocycles. The topological polar surface area (TPSA) is 75.4 Å². The van der Waals surface area contributed by atoms with E-state index in [2.05, 4.69) is 32.2 Å². The Hall–Kier alpha value is -2.37. The lowest BCUT2D eigenvalue weighted by Gasteiger charge is -2.40. The molecule has 0 aromatic carbocycles. The Kier molecular flexibility index (Phi) is 4.71. The molecule has 2 amide bonds. The molecular formula is C23H31N3O3. The van der Waals surface area contributed by atoms with Crippen molar-refractivity contribution < 1.29 is 14.0 Å². The Morgan fingerprint density at radius 2 is 1.93 bits per heavy atom. The van der Waals surface area contributed by atoms with Gasteiger partial charge in [-0.15, -0.1) is 0 Å². The summed E-state index contributed by atoms with van der Waals surface area (Å²) in [7, 11) is 0. The van der Waals surface area contributed by atoms with Gasteiger partial charge in [0.2, 0.25) is 5.91 Å². The van der Waals surface area contributed by atoms with Crippen molar-refractivity contribution in [3.8, 4) is 0 Å². The lowest BCUT2D eigenvalue weighted by Crippen LogP contribution is -2.63. The number of furan rings is 1. The molecule has 1 N–H and O–H groups in total. The van der Waals surface area contributed by atoms with Crippen LogP contribution in [0.15, 0.2) is 16.5 Å². The molecule has 0 radical (unpaired) electrons. The van der Waals surface area contributed by atoms with Crippen molar-refractivity contribution in [2.45, 2.75) is 77.2 Å². The van der Waals surface area contributed by atoms with Gasteiger partial charge in [-0.2, -0.15) is 0 Å². The molecule has 4 rings (SSSR count). The van der Waals surface area contributed by atoms with E-state index in [1.165, 1.54) is 25.7 Å². The quantitative estimate of drug-likeness (QED) is 0.827. The van der Waals surface area contributed by atoms with Crippen LogP contribution in [0.2, 0.25) is 0 Å². The molecule has 1 saturated heterocycles. The number of aromatic nitrogens is 1. The molecule has 1 aliphatic carbocycles. The normalized spacial score (nSPS) is 20.3. The first-order valence-corrected chi connectivity index (χ1v) is 10.6. The standard InChI is InChI=1S/C23H31N3O3/c1-22(2,3)15-12-16(14-8-6-7-9-14)25-17-13-18(29-19(15)17)20(27)26-11-10-24-21(28)23(26,4)5/h12-14H,6-11H2,1-5H3,(H,24,28). The summed E-state index contributed by atoms with van der Waals surface area (Å²) in [6.45, 7) is 10.9. The van der Waals surface area contributed by atoms with E-state index in [9.17, 15) is 9.59 Å². The van der Waals surface area contributed by atoms with Crippen LogP contribution in [-0.2, 0) is 10.2 Å². The van der Waals surface area contributed by atoms with Gasteiger partial charge in [-0.25, -0.2) is 4.98 Å². The fourth-order valence-corrected chi connectivity index (χ4v) is 4.52. The van der Waals surface area contributed by atoms with Crippen molar-refractivity contribution in [3.05, 3.63) is 29.2 Å². The van der Waals surface area contributed by atoms with Gasteiger partial charge < -0.3 is 14.6 Å². The molecule has 1 aliphatic heterocycles. The van der Waals surface area contributed by atoms with Gasteiger partial charge in [0.25, 0.3) is 5.91 Å². The number of carbonyl (C=O) groups is 2. The van der Waals surface area contributed by atoms with E-state index in [4.69, 9.17) is 9.40 Å². The maximum atomic E-state index is 13.3. The largest absolute Gasteiger partial charge is 0.449 e. The predicted molar refractivity (Wildman–Crippen MR) is 112 cm³/mol. The van der Waals surface area contributed by atoms with E-state index in [0.717, 1.165) is 16.8 Å². The van der Waals surface area contributed by atoms with Gasteiger partial charge in [0.15, 0.2) is 11.3 Å². The molecule has 0 spiro atoms. The number of piperazine rings is 1. The molecule has 2 fully saturated rings. The minimum atomic E-state index is -0.913. The molecule has 1 saturated carbocycles. The van der Waals surface area contributed by atoms with Gasteiger partial charge in [-0.05, 0) is 38.2 Å². The third-order valence-electron chi connectivity index (χ3n) is 6.39. The number of hydrogen-bond acceptors (Lipinski definition) is 4. The maximum absolute atomic E-state index is 13.3. The van der Waals surface area contributed by atoms with Crippen LogP contribution in [0.4, 0.5) is 0 Å². The highest BCUT2D eigenvalue weighted by molar-refractivity contribution is 6.00. The van der Waals surface area contributed by atoms with Crippen molar-refractivity contribution in [1.82, 2.24) is 15.2 Å². The fourth-order valence-electron chi connectivity index (χ4n) is 4.52. The summed E-state index contributed by atoms with van der Waals surface area (Å²) < 4.78 is 6.10. The lowest BCUT2D eigenvalue weighted by atomic mass is 9.85. The first kappa shape index (κ1) is 19.9. The molecular weight excluding hydrogens is 366 g/mol. The third kappa shape index (κ3) is 3.43. The summed E-state index contributed by atoms with van der Waals surface area (Å²) in [5.41, 5.74) is 2.57. The van der Waals surface area contributed by atoms with Gasteiger partial charge in [0.1, 0.15) is 11.1 Å². The van der Waals surface area contributed by atoms with Gasteiger partial charge in [0, 0.05) is 36.3 Å². The fraction of sp³-hybridized carbons (Fsp3) is 0.609. The number of carbonyl (C=O) groups excluding carboxylic acids is 2. The molecule has 6 nitrogen and oxygen atoms in total. The van der Waals surface area contributed by atoms with E-state index >= 15 is 0 Å². The smallest absolute Gasteiger partial charge is 0.290 e. The zero-order valence-electron chi connectivity index (χ0n) is 18.1. The van der Waals surface area contributed by atoms with Crippen molar-refractivity contribution in [3.63, 3.8) is 0 Å². The third-order valence-corrected chi connectivity index (χ3v) is 6.39. The van der Waals surface area contributed by atoms with Crippen LogP contribution in [-0.4, -0.2) is 40.3 Å². The van der Waals surface area contributed by atoms with E-state index in [1.54, 1.807) is 24.8 Å². The van der Waals surface area contributed by atoms with Crippen LogP contribution in [0.5, 0.6) is 0 Å². The van der Waals surface area contributed by atoms with E-state index in [1.807, 2.05) is 0 Å². The molecule has 0 bridgehead atoms. The SMILES string of the molecule is CC(C)(C)c1cc(C2CCCC2)nc2cc(C(=O)N3CCNC(=O)C3(C)C)oc12. The van der Waals surface area contributed by atoms with Crippen molar-refractivity contribution in [1.29, 1.82) is 0 Å². The van der Waals surface area contributed by atoms with Crippen LogP contribution < -0.4 is 5.32 Å². The Morgan fingerprint density at radius 3 is 2.59 bits per heavy atom. The highest BCUT2D eigenvalue weighted by Crippen LogP contribution is 2.38. The number of hydrogen-bond donors (Lipinski definition) is 1. The molecule has 29 heavy (non-hydrogen) atoms. The van der Waals surface area contributed by atoms with Crippen molar-refractivity contribution >= 4 is 22.9 Å². The Labute approximate surface area is 172 Å². The minimum absolute atomic E-state index is 0.128. The molecule has 2 aliphatic rings. The summed E-state index contributed by atoms with van der Waals surface area (Å²) in [4.78, 5) is 32.0. The summed E-state index contributed by atoms with van der Waals surface area (Å²) >= 11 is 0. The second kappa shape index (κ2) is 6.85. The zero-order valence-corrected chi connectivity index (χ0v) is 18.1. The number of fused-ring (bicyclic) bond motifs is 1. The lowest BCUT2D eigenvalue weighted by molar-refractivity contribution is -0.133. The minimum Gasteiger partial charge on any atom is -0.449 e. The van der Waals surface area contributed by atoms with E-state index in [0.29, 0.717) is 24.6 Å². The Bertz CT molecular complexity index is 962. The van der Waals surface area contributed by atoms with Gasteiger partial charge in [-0.1, -0.05) is 33.6 Å². The van der Waals surface area contributed by atoms with Crippen LogP contribution in [0.1, 0.15) is 88.0 Å². The second-order valence-electron chi connectivity index (χ2n) is 9.92. The predicted octanol–water partition coefficient (Wildman–Crippen LogP) is 4.13. The first-order valence-electron chi connectivity index (χ1n) is 10.6. The van der Waals surface area contributed by atoms with E-state index in [-0.39, 0.29) is 23.0 Å². The van der Waals surface area contributed by atoms with Gasteiger partial charge in [-0.3, -0.25) is 9.59 Å². The number of rotatable bonds is 2. The molecule has 6 heteroatoms. The van der Waals surface area contributed by atoms with Crippen LogP contribution in [0.25, 0.3) is 11.1 Å². The number of nitrogens with one attached hydrogen (secondary N) is 1. The molecule has 2 aromatic heterocycles. The van der Waals surface area contributed by atoms with Crippen molar-refractivity contribution in [2.24, 2.45) is 0 Å². The summed E-state index contributed by atoms with van der Waals surface area (Å²) in [5, 5.41) is 2.83. The van der Waals surface area contributed by atoms with Crippen LogP contribution in [0, 0.1) is 0 Å². The summed E-state index contributed by atoms with van der Waals surface area (Å²) in [6.07, 6.45) is 4.83. The van der Waals surface area contributed by atoms with Gasteiger partial charge in [0.05, 0.1) is 0 Å². The Balaban J connectivity index is 1.78. The number of amides is 2.